The zero-order valence-corrected chi connectivity index (χ0v) is 12.5. The molecule has 1 atom stereocenters. The van der Waals surface area contributed by atoms with E-state index in [1.807, 2.05) is 31.4 Å². The second-order valence-corrected chi connectivity index (χ2v) is 5.81. The average Bonchev–Trinajstić information content (AvgIpc) is 2.84. The Bertz CT molecular complexity index is 401. The van der Waals surface area contributed by atoms with Gasteiger partial charge < -0.3 is 10.1 Å². The molecule has 0 saturated heterocycles. The van der Waals surface area contributed by atoms with Gasteiger partial charge in [0.05, 0.1) is 12.6 Å². The number of hydrogen-bond acceptors (Lipinski definition) is 4. The molecule has 1 aromatic heterocycles. The fourth-order valence-electron chi connectivity index (χ4n) is 1.75. The van der Waals surface area contributed by atoms with Crippen LogP contribution in [0, 0.1) is 5.92 Å². The zero-order valence-electron chi connectivity index (χ0n) is 11.6. The molecule has 0 bridgehead atoms. The quantitative estimate of drug-likeness (QED) is 0.743. The van der Waals surface area contributed by atoms with Crippen LogP contribution in [0.2, 0.25) is 0 Å². The molecule has 0 aromatic carbocycles. The minimum absolute atomic E-state index is 0.00186. The third-order valence-electron chi connectivity index (χ3n) is 2.73. The van der Waals surface area contributed by atoms with Gasteiger partial charge in [-0.2, -0.15) is 0 Å². The Morgan fingerprint density at radius 3 is 2.68 bits per heavy atom. The standard InChI is InChI=1S/C14H21NO3S/c1-10(2)14(11(3)16)15-13(17)9-18-7-6-12-5-4-8-19-12/h4-5,8,10,14H,6-7,9H2,1-3H3,(H,15,17). The molecule has 19 heavy (non-hydrogen) atoms. The van der Waals surface area contributed by atoms with Crippen molar-refractivity contribution in [1.82, 2.24) is 5.32 Å². The predicted molar refractivity (Wildman–Crippen MR) is 76.3 cm³/mol. The van der Waals surface area contributed by atoms with Gasteiger partial charge in [0, 0.05) is 11.3 Å². The lowest BCUT2D eigenvalue weighted by molar-refractivity contribution is -0.130. The number of hydrogen-bond donors (Lipinski definition) is 1. The molecule has 4 nitrogen and oxygen atoms in total. The summed E-state index contributed by atoms with van der Waals surface area (Å²) < 4.78 is 5.31. The lowest BCUT2D eigenvalue weighted by Crippen LogP contribution is -2.44. The Kier molecular flexibility index (Phi) is 6.73. The maximum atomic E-state index is 11.6. The van der Waals surface area contributed by atoms with Crippen LogP contribution in [-0.4, -0.2) is 30.9 Å². The Hall–Kier alpha value is -1.20. The normalized spacial score (nSPS) is 12.4. The molecule has 0 aliphatic carbocycles. The summed E-state index contributed by atoms with van der Waals surface area (Å²) in [6, 6.07) is 3.61. The van der Waals surface area contributed by atoms with Gasteiger partial charge in [-0.1, -0.05) is 19.9 Å². The minimum Gasteiger partial charge on any atom is -0.371 e. The van der Waals surface area contributed by atoms with Crippen LogP contribution >= 0.6 is 11.3 Å². The monoisotopic (exact) mass is 283 g/mol. The van der Waals surface area contributed by atoms with E-state index in [2.05, 4.69) is 5.32 Å². The maximum absolute atomic E-state index is 11.6. The molecule has 106 valence electrons. The molecule has 0 fully saturated rings. The number of Topliss-reactive ketones (excluding diaryl/α,β-unsaturated/α-hetero) is 1. The molecule has 0 aliphatic rings. The summed E-state index contributed by atoms with van der Waals surface area (Å²) in [5.41, 5.74) is 0. The summed E-state index contributed by atoms with van der Waals surface area (Å²) in [6.45, 7) is 5.82. The van der Waals surface area contributed by atoms with E-state index < -0.39 is 6.04 Å². The summed E-state index contributed by atoms with van der Waals surface area (Å²) in [6.07, 6.45) is 0.811. The number of nitrogens with one attached hydrogen (secondary N) is 1. The van der Waals surface area contributed by atoms with E-state index in [0.717, 1.165) is 6.42 Å². The van der Waals surface area contributed by atoms with Gasteiger partial charge in [0.15, 0.2) is 5.78 Å². The number of rotatable bonds is 8. The summed E-state index contributed by atoms with van der Waals surface area (Å²) >= 11 is 1.68. The van der Waals surface area contributed by atoms with Crippen LogP contribution in [0.5, 0.6) is 0 Å². The highest BCUT2D eigenvalue weighted by Gasteiger charge is 2.20. The van der Waals surface area contributed by atoms with Crippen LogP contribution in [0.1, 0.15) is 25.6 Å². The molecule has 0 spiro atoms. The van der Waals surface area contributed by atoms with E-state index in [9.17, 15) is 9.59 Å². The Balaban J connectivity index is 2.21. The van der Waals surface area contributed by atoms with E-state index in [4.69, 9.17) is 4.74 Å². The fourth-order valence-corrected chi connectivity index (χ4v) is 2.44. The molecule has 1 heterocycles. The van der Waals surface area contributed by atoms with Crippen molar-refractivity contribution in [3.8, 4) is 0 Å². The largest absolute Gasteiger partial charge is 0.371 e. The SMILES string of the molecule is CC(=O)C(NC(=O)COCCc1cccs1)C(C)C. The van der Waals surface area contributed by atoms with Gasteiger partial charge in [-0.3, -0.25) is 9.59 Å². The summed E-state index contributed by atoms with van der Waals surface area (Å²) in [4.78, 5) is 24.2. The van der Waals surface area contributed by atoms with Crippen molar-refractivity contribution in [3.63, 3.8) is 0 Å². The van der Waals surface area contributed by atoms with Crippen LogP contribution in [0.15, 0.2) is 17.5 Å². The Morgan fingerprint density at radius 2 is 2.16 bits per heavy atom. The topological polar surface area (TPSA) is 55.4 Å². The molecule has 0 aliphatic heterocycles. The van der Waals surface area contributed by atoms with Crippen molar-refractivity contribution >= 4 is 23.0 Å². The number of ketones is 1. The number of thiophene rings is 1. The highest BCUT2D eigenvalue weighted by atomic mass is 32.1. The number of ether oxygens (including phenoxy) is 1. The van der Waals surface area contributed by atoms with E-state index in [-0.39, 0.29) is 24.2 Å². The number of amides is 1. The van der Waals surface area contributed by atoms with Crippen molar-refractivity contribution in [2.24, 2.45) is 5.92 Å². The van der Waals surface area contributed by atoms with E-state index in [0.29, 0.717) is 6.61 Å². The van der Waals surface area contributed by atoms with Crippen molar-refractivity contribution < 1.29 is 14.3 Å². The summed E-state index contributed by atoms with van der Waals surface area (Å²) in [7, 11) is 0. The molecular weight excluding hydrogens is 262 g/mol. The van der Waals surface area contributed by atoms with Crippen molar-refractivity contribution in [2.75, 3.05) is 13.2 Å². The lowest BCUT2D eigenvalue weighted by atomic mass is 10.0. The lowest BCUT2D eigenvalue weighted by Gasteiger charge is -2.19. The predicted octanol–water partition coefficient (Wildman–Crippen LogP) is 2.04. The van der Waals surface area contributed by atoms with E-state index in [1.54, 1.807) is 11.3 Å². The summed E-state index contributed by atoms with van der Waals surface area (Å²) in [5, 5.41) is 4.71. The van der Waals surface area contributed by atoms with Crippen LogP contribution in [0.4, 0.5) is 0 Å². The highest BCUT2D eigenvalue weighted by molar-refractivity contribution is 7.09. The third kappa shape index (κ3) is 5.98. The molecule has 0 saturated carbocycles. The molecule has 5 heteroatoms. The van der Waals surface area contributed by atoms with E-state index >= 15 is 0 Å². The first-order chi connectivity index (χ1) is 9.00. The molecule has 0 radical (unpaired) electrons. The molecule has 1 rings (SSSR count). The molecule has 1 aromatic rings. The van der Waals surface area contributed by atoms with Gasteiger partial charge in [0.25, 0.3) is 0 Å². The second-order valence-electron chi connectivity index (χ2n) is 4.78. The average molecular weight is 283 g/mol. The van der Waals surface area contributed by atoms with Gasteiger partial charge in [0.2, 0.25) is 5.91 Å². The van der Waals surface area contributed by atoms with E-state index in [1.165, 1.54) is 11.8 Å². The number of carbonyl (C=O) groups is 2. The third-order valence-corrected chi connectivity index (χ3v) is 3.66. The van der Waals surface area contributed by atoms with Gasteiger partial charge >= 0.3 is 0 Å². The zero-order chi connectivity index (χ0) is 14.3. The fraction of sp³-hybridized carbons (Fsp3) is 0.571. The van der Waals surface area contributed by atoms with Gasteiger partial charge in [-0.05, 0) is 24.3 Å². The van der Waals surface area contributed by atoms with Crippen molar-refractivity contribution in [2.45, 2.75) is 33.2 Å². The van der Waals surface area contributed by atoms with Crippen LogP contribution in [0.3, 0.4) is 0 Å². The van der Waals surface area contributed by atoms with Gasteiger partial charge in [-0.25, -0.2) is 0 Å². The highest BCUT2D eigenvalue weighted by Crippen LogP contribution is 2.08. The molecule has 1 unspecified atom stereocenters. The van der Waals surface area contributed by atoms with Crippen LogP contribution < -0.4 is 5.32 Å². The molecule has 1 amide bonds. The first kappa shape index (κ1) is 15.9. The van der Waals surface area contributed by atoms with Crippen molar-refractivity contribution in [3.05, 3.63) is 22.4 Å². The maximum Gasteiger partial charge on any atom is 0.246 e. The van der Waals surface area contributed by atoms with Crippen LogP contribution in [-0.2, 0) is 20.7 Å². The van der Waals surface area contributed by atoms with Gasteiger partial charge in [0.1, 0.15) is 6.61 Å². The number of carbonyl (C=O) groups excluding carboxylic acids is 2. The van der Waals surface area contributed by atoms with Crippen LogP contribution in [0.25, 0.3) is 0 Å². The van der Waals surface area contributed by atoms with Crippen molar-refractivity contribution in [1.29, 1.82) is 0 Å². The second kappa shape index (κ2) is 8.07. The minimum atomic E-state index is -0.423. The Morgan fingerprint density at radius 1 is 1.42 bits per heavy atom. The Labute approximate surface area is 118 Å². The van der Waals surface area contributed by atoms with Gasteiger partial charge in [-0.15, -0.1) is 11.3 Å². The summed E-state index contributed by atoms with van der Waals surface area (Å²) in [5.74, 6) is -0.172. The smallest absolute Gasteiger partial charge is 0.246 e. The first-order valence-electron chi connectivity index (χ1n) is 6.40. The molecular formula is C14H21NO3S. The molecule has 1 N–H and O–H groups in total. The first-order valence-corrected chi connectivity index (χ1v) is 7.28.